The lowest BCUT2D eigenvalue weighted by molar-refractivity contribution is -0.00546. The van der Waals surface area contributed by atoms with Gasteiger partial charge in [0.15, 0.2) is 5.13 Å². The molecule has 1 saturated heterocycles. The van der Waals surface area contributed by atoms with Gasteiger partial charge < -0.3 is 9.64 Å². The highest BCUT2D eigenvalue weighted by atomic mass is 32.1. The minimum absolute atomic E-state index is 0.177. The molecule has 2 aromatic rings. The Balaban J connectivity index is 1.68. The first kappa shape index (κ1) is 15.9. The molecule has 1 aliphatic heterocycles. The lowest BCUT2D eigenvalue weighted by Gasteiger charge is -2.36. The number of carbonyl (C=O) groups excluding carboxylic acids is 1. The van der Waals surface area contributed by atoms with Crippen LogP contribution in [-0.2, 0) is 4.74 Å². The third-order valence-electron chi connectivity index (χ3n) is 3.59. The van der Waals surface area contributed by atoms with Crippen LogP contribution in [0.1, 0.15) is 29.9 Å². The van der Waals surface area contributed by atoms with E-state index in [9.17, 15) is 4.79 Å². The van der Waals surface area contributed by atoms with Crippen LogP contribution >= 0.6 is 11.3 Å². The number of anilines is 2. The summed E-state index contributed by atoms with van der Waals surface area (Å²) < 4.78 is 5.73. The molecule has 1 amide bonds. The molecule has 1 fully saturated rings. The summed E-state index contributed by atoms with van der Waals surface area (Å²) in [5, 5.41) is 5.29. The Morgan fingerprint density at radius 1 is 1.35 bits per heavy atom. The van der Waals surface area contributed by atoms with E-state index in [0.29, 0.717) is 10.7 Å². The molecule has 3 rings (SSSR count). The van der Waals surface area contributed by atoms with Crippen LogP contribution in [0.3, 0.4) is 0 Å². The number of amides is 1. The van der Waals surface area contributed by atoms with Crippen LogP contribution in [0.5, 0.6) is 0 Å². The predicted octanol–water partition coefficient (Wildman–Crippen LogP) is 2.71. The van der Waals surface area contributed by atoms with Crippen molar-refractivity contribution in [2.75, 3.05) is 23.3 Å². The van der Waals surface area contributed by atoms with E-state index in [1.807, 2.05) is 18.4 Å². The zero-order valence-electron chi connectivity index (χ0n) is 13.4. The molecule has 3 heterocycles. The fraction of sp³-hybridized carbons (Fsp3) is 0.438. The number of thiazole rings is 1. The largest absolute Gasteiger partial charge is 0.372 e. The summed E-state index contributed by atoms with van der Waals surface area (Å²) in [4.78, 5) is 23.0. The van der Waals surface area contributed by atoms with Gasteiger partial charge in [-0.25, -0.2) is 9.97 Å². The summed E-state index contributed by atoms with van der Waals surface area (Å²) in [6.07, 6.45) is 1.96. The lowest BCUT2D eigenvalue weighted by Crippen LogP contribution is -2.45. The number of rotatable bonds is 3. The van der Waals surface area contributed by atoms with E-state index < -0.39 is 0 Å². The second-order valence-corrected chi connectivity index (χ2v) is 6.67. The van der Waals surface area contributed by atoms with E-state index in [1.54, 1.807) is 12.3 Å². The molecule has 1 N–H and O–H groups in total. The molecule has 6 nitrogen and oxygen atoms in total. The van der Waals surface area contributed by atoms with Crippen LogP contribution in [0.4, 0.5) is 10.9 Å². The highest BCUT2D eigenvalue weighted by Crippen LogP contribution is 2.19. The van der Waals surface area contributed by atoms with Gasteiger partial charge >= 0.3 is 0 Å². The molecule has 2 aromatic heterocycles. The quantitative estimate of drug-likeness (QED) is 0.936. The van der Waals surface area contributed by atoms with Gasteiger partial charge in [0.25, 0.3) is 5.91 Å². The number of aromatic nitrogens is 2. The second kappa shape index (κ2) is 6.64. The molecular formula is C16H20N4O2S. The van der Waals surface area contributed by atoms with Crippen molar-refractivity contribution >= 4 is 28.2 Å². The van der Waals surface area contributed by atoms with E-state index in [-0.39, 0.29) is 18.1 Å². The van der Waals surface area contributed by atoms with Crippen molar-refractivity contribution in [3.63, 3.8) is 0 Å². The van der Waals surface area contributed by atoms with Gasteiger partial charge in [-0.15, -0.1) is 11.3 Å². The molecule has 2 atom stereocenters. The first-order valence-corrected chi connectivity index (χ1v) is 8.49. The average Bonchev–Trinajstić information content (AvgIpc) is 2.91. The molecule has 0 aliphatic carbocycles. The number of nitrogens with one attached hydrogen (secondary N) is 1. The SMILES string of the molecule is Cc1csc(NC(=O)c2ccc(N3C[C@@H](C)O[C@H](C)C3)nc2)n1. The molecular weight excluding hydrogens is 312 g/mol. The van der Waals surface area contributed by atoms with Crippen LogP contribution < -0.4 is 10.2 Å². The highest BCUT2D eigenvalue weighted by Gasteiger charge is 2.23. The van der Waals surface area contributed by atoms with E-state index in [4.69, 9.17) is 4.74 Å². The summed E-state index contributed by atoms with van der Waals surface area (Å²) in [7, 11) is 0. The minimum Gasteiger partial charge on any atom is -0.372 e. The van der Waals surface area contributed by atoms with Gasteiger partial charge in [0, 0.05) is 24.7 Å². The Hall–Kier alpha value is -1.99. The smallest absolute Gasteiger partial charge is 0.259 e. The van der Waals surface area contributed by atoms with Crippen LogP contribution in [0.25, 0.3) is 0 Å². The predicted molar refractivity (Wildman–Crippen MR) is 91.3 cm³/mol. The van der Waals surface area contributed by atoms with Gasteiger partial charge in [0.1, 0.15) is 5.82 Å². The van der Waals surface area contributed by atoms with E-state index in [0.717, 1.165) is 24.6 Å². The molecule has 122 valence electrons. The van der Waals surface area contributed by atoms with Gasteiger partial charge in [0.05, 0.1) is 23.5 Å². The van der Waals surface area contributed by atoms with Crippen molar-refractivity contribution in [3.8, 4) is 0 Å². The van der Waals surface area contributed by atoms with Gasteiger partial charge in [-0.05, 0) is 32.9 Å². The van der Waals surface area contributed by atoms with E-state index in [1.165, 1.54) is 11.3 Å². The van der Waals surface area contributed by atoms with Crippen molar-refractivity contribution in [1.82, 2.24) is 9.97 Å². The number of carbonyl (C=O) groups is 1. The Morgan fingerprint density at radius 3 is 2.65 bits per heavy atom. The van der Waals surface area contributed by atoms with Gasteiger partial charge in [0.2, 0.25) is 0 Å². The van der Waals surface area contributed by atoms with Crippen molar-refractivity contribution in [1.29, 1.82) is 0 Å². The molecule has 0 spiro atoms. The van der Waals surface area contributed by atoms with Crippen molar-refractivity contribution < 1.29 is 9.53 Å². The number of morpholine rings is 1. The van der Waals surface area contributed by atoms with Crippen molar-refractivity contribution in [2.24, 2.45) is 0 Å². The van der Waals surface area contributed by atoms with Crippen LogP contribution in [0, 0.1) is 6.92 Å². The summed E-state index contributed by atoms with van der Waals surface area (Å²) >= 11 is 1.41. The number of hydrogen-bond donors (Lipinski definition) is 1. The fourth-order valence-electron chi connectivity index (χ4n) is 2.65. The average molecular weight is 332 g/mol. The van der Waals surface area contributed by atoms with Gasteiger partial charge in [-0.2, -0.15) is 0 Å². The van der Waals surface area contributed by atoms with Gasteiger partial charge in [-0.1, -0.05) is 0 Å². The summed E-state index contributed by atoms with van der Waals surface area (Å²) in [5.74, 6) is 0.677. The summed E-state index contributed by atoms with van der Waals surface area (Å²) in [5.41, 5.74) is 1.42. The van der Waals surface area contributed by atoms with Crippen LogP contribution in [0.2, 0.25) is 0 Å². The highest BCUT2D eigenvalue weighted by molar-refractivity contribution is 7.13. The van der Waals surface area contributed by atoms with E-state index >= 15 is 0 Å². The number of pyridine rings is 1. The standard InChI is InChI=1S/C16H20N4O2S/c1-10-9-23-16(18-10)19-15(21)13-4-5-14(17-6-13)20-7-11(2)22-12(3)8-20/h4-6,9,11-12H,7-8H2,1-3H3,(H,18,19,21)/t11-,12-/m1/s1. The Bertz CT molecular complexity index is 676. The second-order valence-electron chi connectivity index (χ2n) is 5.82. The van der Waals surface area contributed by atoms with Crippen LogP contribution in [-0.4, -0.2) is 41.2 Å². The third-order valence-corrected chi connectivity index (χ3v) is 4.47. The molecule has 0 radical (unpaired) electrons. The Morgan fingerprint density at radius 2 is 2.09 bits per heavy atom. The minimum atomic E-state index is -0.192. The number of nitrogens with zero attached hydrogens (tertiary/aromatic N) is 3. The molecule has 7 heteroatoms. The maximum absolute atomic E-state index is 12.2. The maximum Gasteiger partial charge on any atom is 0.259 e. The molecule has 0 saturated carbocycles. The molecule has 0 aromatic carbocycles. The van der Waals surface area contributed by atoms with Crippen LogP contribution in [0.15, 0.2) is 23.7 Å². The number of ether oxygens (including phenoxy) is 1. The Labute approximate surface area is 139 Å². The maximum atomic E-state index is 12.2. The monoisotopic (exact) mass is 332 g/mol. The summed E-state index contributed by atoms with van der Waals surface area (Å²) in [6.45, 7) is 7.62. The lowest BCUT2D eigenvalue weighted by atomic mass is 10.2. The van der Waals surface area contributed by atoms with Gasteiger partial charge in [-0.3, -0.25) is 10.1 Å². The Kier molecular flexibility index (Phi) is 4.58. The zero-order chi connectivity index (χ0) is 16.4. The number of hydrogen-bond acceptors (Lipinski definition) is 6. The molecule has 0 bridgehead atoms. The molecule has 1 aliphatic rings. The number of aryl methyl sites for hydroxylation is 1. The fourth-order valence-corrected chi connectivity index (χ4v) is 3.34. The third kappa shape index (κ3) is 3.86. The van der Waals surface area contributed by atoms with Crippen molar-refractivity contribution in [3.05, 3.63) is 35.0 Å². The molecule has 0 unspecified atom stereocenters. The van der Waals surface area contributed by atoms with E-state index in [2.05, 4.69) is 34.0 Å². The summed E-state index contributed by atoms with van der Waals surface area (Å²) in [6, 6.07) is 3.68. The first-order valence-electron chi connectivity index (χ1n) is 7.61. The first-order chi connectivity index (χ1) is 11.0. The zero-order valence-corrected chi connectivity index (χ0v) is 14.3. The topological polar surface area (TPSA) is 67.4 Å². The normalized spacial score (nSPS) is 21.3. The molecule has 23 heavy (non-hydrogen) atoms. The van der Waals surface area contributed by atoms with Crippen molar-refractivity contribution in [2.45, 2.75) is 33.0 Å².